The first-order valence-corrected chi connectivity index (χ1v) is 18.9. The van der Waals surface area contributed by atoms with E-state index in [2.05, 4.69) is 41.9 Å². The Morgan fingerprint density at radius 1 is 1.00 bits per heavy atom. The highest BCUT2D eigenvalue weighted by Crippen LogP contribution is 2.20. The van der Waals surface area contributed by atoms with Crippen LogP contribution in [0.2, 0.25) is 0 Å². The van der Waals surface area contributed by atoms with Crippen molar-refractivity contribution in [2.75, 3.05) is 26.5 Å². The van der Waals surface area contributed by atoms with E-state index in [4.69, 9.17) is 18.8 Å². The van der Waals surface area contributed by atoms with Gasteiger partial charge < -0.3 is 24.8 Å². The Morgan fingerprint density at radius 3 is 2.33 bits per heavy atom. The summed E-state index contributed by atoms with van der Waals surface area (Å²) < 4.78 is 48.8. The smallest absolute Gasteiger partial charge is 0.331 e. The largest absolute Gasteiger partial charge is 0.454 e. The molecule has 11 nitrogen and oxygen atoms in total. The molecule has 0 aromatic heterocycles. The molecule has 288 valence electrons. The molecular formula is C40H58N2O9S. The van der Waals surface area contributed by atoms with Crippen LogP contribution in [0, 0.1) is 11.8 Å². The lowest BCUT2D eigenvalue weighted by molar-refractivity contribution is -0.142. The van der Waals surface area contributed by atoms with Crippen molar-refractivity contribution < 1.29 is 41.6 Å². The predicted molar refractivity (Wildman–Crippen MR) is 207 cm³/mol. The van der Waals surface area contributed by atoms with Crippen LogP contribution in [0.25, 0.3) is 0 Å². The molecule has 5 unspecified atom stereocenters. The zero-order chi connectivity index (χ0) is 39.1. The monoisotopic (exact) mass is 742 g/mol. The summed E-state index contributed by atoms with van der Waals surface area (Å²) in [5, 5.41) is 4.64. The van der Waals surface area contributed by atoms with Crippen molar-refractivity contribution in [2.24, 2.45) is 11.8 Å². The highest BCUT2D eigenvalue weighted by molar-refractivity contribution is 7.85. The summed E-state index contributed by atoms with van der Waals surface area (Å²) in [7, 11) is -1.12. The van der Waals surface area contributed by atoms with Crippen LogP contribution in [0.3, 0.4) is 0 Å². The van der Waals surface area contributed by atoms with Crippen molar-refractivity contribution in [2.45, 2.75) is 85.2 Å². The molecule has 2 amide bonds. The van der Waals surface area contributed by atoms with Crippen LogP contribution >= 0.6 is 0 Å². The number of hydrogen-bond acceptors (Lipinski definition) is 8. The highest BCUT2D eigenvalue weighted by atomic mass is 32.2. The number of carbonyl (C=O) groups excluding carboxylic acids is 3. The van der Waals surface area contributed by atoms with Gasteiger partial charge in [0.25, 0.3) is 10.1 Å². The molecule has 0 aromatic rings. The standard InChI is InChI=1S/C40H58N2O9S/c1-29-13-11-17-35(49-7)16-10-9-15-33(5)39(34(6)23-21-32(4)26-41-40(45)37(42-28-43)27-52(46,47)48)51-38(44)24-22-30(2)19-20-31(3)25-36(50-8)18-12-14-29/h9-10,12-16,19-25,28,30,33,35-37,39H,11,17-18,26-27H2,1-8H3,(H,41,45)(H,42,43)(H,46,47,48)/b14-12+,15-9+,16-10+,20-19+,24-22+,29-13+,31-25+,32-21+,34-23+/t30?,33?,35?,36?,37-,39?/m0/s1. The van der Waals surface area contributed by atoms with Gasteiger partial charge in [0, 0.05) is 32.8 Å². The minimum Gasteiger partial charge on any atom is -0.454 e. The Bertz CT molecular complexity index is 1550. The molecule has 6 atom stereocenters. The number of esters is 1. The van der Waals surface area contributed by atoms with E-state index < -0.39 is 39.9 Å². The fraction of sp³-hybridized carbons (Fsp3) is 0.475. The third-order valence-corrected chi connectivity index (χ3v) is 8.83. The topological polar surface area (TPSA) is 157 Å². The lowest BCUT2D eigenvalue weighted by atomic mass is 9.96. The van der Waals surface area contributed by atoms with Gasteiger partial charge in [-0.15, -0.1) is 0 Å². The van der Waals surface area contributed by atoms with Gasteiger partial charge in [0.15, 0.2) is 0 Å². The summed E-state index contributed by atoms with van der Waals surface area (Å²) in [6.45, 7) is 11.6. The van der Waals surface area contributed by atoms with Gasteiger partial charge in [-0.3, -0.25) is 14.1 Å². The molecule has 0 saturated heterocycles. The second-order valence-electron chi connectivity index (χ2n) is 12.9. The van der Waals surface area contributed by atoms with Gasteiger partial charge in [0.2, 0.25) is 12.3 Å². The van der Waals surface area contributed by atoms with Crippen LogP contribution in [0.1, 0.15) is 60.8 Å². The van der Waals surface area contributed by atoms with E-state index in [-0.39, 0.29) is 37.0 Å². The van der Waals surface area contributed by atoms with Gasteiger partial charge in [-0.05, 0) is 58.4 Å². The molecule has 1 aliphatic heterocycles. The first-order chi connectivity index (χ1) is 24.6. The SMILES string of the molecule is COC1/C=C(C)/C=C/C(C)/C=C/C(=O)OC(/C(C)=C/C=C(\C)CNC(=O)[C@H](CS(=O)(=O)O)NC=O)C(C)/C=C/C=C/C(OC)CC/C=C(C)/C=C/C1. The molecule has 0 fully saturated rings. The minimum absolute atomic E-state index is 0.0392. The summed E-state index contributed by atoms with van der Waals surface area (Å²) in [6, 6.07) is -1.45. The van der Waals surface area contributed by atoms with Crippen molar-refractivity contribution in [3.8, 4) is 0 Å². The Balaban J connectivity index is 3.33. The van der Waals surface area contributed by atoms with E-state index in [1.54, 1.807) is 39.4 Å². The minimum atomic E-state index is -4.50. The van der Waals surface area contributed by atoms with Crippen LogP contribution < -0.4 is 10.6 Å². The van der Waals surface area contributed by atoms with Crippen molar-refractivity contribution in [1.29, 1.82) is 0 Å². The van der Waals surface area contributed by atoms with E-state index in [0.29, 0.717) is 5.57 Å². The highest BCUT2D eigenvalue weighted by Gasteiger charge is 2.24. The molecule has 52 heavy (non-hydrogen) atoms. The fourth-order valence-corrected chi connectivity index (χ4v) is 5.65. The lowest BCUT2D eigenvalue weighted by Crippen LogP contribution is -2.48. The number of nitrogens with one attached hydrogen (secondary N) is 2. The van der Waals surface area contributed by atoms with E-state index in [1.807, 2.05) is 64.2 Å². The molecule has 0 spiro atoms. The van der Waals surface area contributed by atoms with Gasteiger partial charge >= 0.3 is 5.97 Å². The van der Waals surface area contributed by atoms with Crippen LogP contribution in [-0.4, -0.2) is 82.1 Å². The maximum absolute atomic E-state index is 13.1. The average molecular weight is 743 g/mol. The summed E-state index contributed by atoms with van der Waals surface area (Å²) in [5.41, 5.74) is 3.66. The normalized spacial score (nSPS) is 29.3. The van der Waals surface area contributed by atoms with Crippen molar-refractivity contribution in [3.63, 3.8) is 0 Å². The first-order valence-electron chi connectivity index (χ1n) is 17.3. The second-order valence-corrected chi connectivity index (χ2v) is 14.4. The molecule has 1 rings (SSSR count). The molecule has 0 saturated carbocycles. The van der Waals surface area contributed by atoms with Crippen molar-refractivity contribution in [3.05, 3.63) is 107 Å². The maximum atomic E-state index is 13.1. The van der Waals surface area contributed by atoms with Crippen LogP contribution in [0.5, 0.6) is 0 Å². The van der Waals surface area contributed by atoms with Gasteiger partial charge in [-0.1, -0.05) is 110 Å². The second kappa shape index (κ2) is 25.0. The Morgan fingerprint density at radius 2 is 1.67 bits per heavy atom. The molecule has 1 heterocycles. The first kappa shape index (κ1) is 45.9. The van der Waals surface area contributed by atoms with Gasteiger partial charge in [-0.2, -0.15) is 8.42 Å². The zero-order valence-electron chi connectivity index (χ0n) is 31.8. The number of cyclic esters (lactones) is 1. The number of carbonyl (C=O) groups is 3. The lowest BCUT2D eigenvalue weighted by Gasteiger charge is -2.22. The fourth-order valence-electron chi connectivity index (χ4n) is 4.98. The van der Waals surface area contributed by atoms with Gasteiger partial charge in [-0.25, -0.2) is 4.79 Å². The zero-order valence-corrected chi connectivity index (χ0v) is 32.6. The van der Waals surface area contributed by atoms with Crippen molar-refractivity contribution >= 4 is 28.4 Å². The van der Waals surface area contributed by atoms with Gasteiger partial charge in [0.1, 0.15) is 17.9 Å². The predicted octanol–water partition coefficient (Wildman–Crippen LogP) is 6.07. The Kier molecular flexibility index (Phi) is 22.1. The molecule has 12 heteroatoms. The van der Waals surface area contributed by atoms with E-state index in [1.165, 1.54) is 11.6 Å². The van der Waals surface area contributed by atoms with Crippen LogP contribution in [-0.2, 0) is 38.7 Å². The van der Waals surface area contributed by atoms with E-state index in [0.717, 1.165) is 30.4 Å². The maximum Gasteiger partial charge on any atom is 0.331 e. The number of hydrogen-bond donors (Lipinski definition) is 3. The summed E-state index contributed by atoms with van der Waals surface area (Å²) >= 11 is 0. The Hall–Kier alpha value is -4.10. The quantitative estimate of drug-likeness (QED) is 0.0990. The van der Waals surface area contributed by atoms with Crippen LogP contribution in [0.15, 0.2) is 107 Å². The third kappa shape index (κ3) is 20.7. The molecule has 3 N–H and O–H groups in total. The molecule has 0 aromatic carbocycles. The molecule has 0 bridgehead atoms. The van der Waals surface area contributed by atoms with Gasteiger partial charge in [0.05, 0.1) is 12.2 Å². The number of ether oxygens (including phenoxy) is 3. The Labute approximate surface area is 310 Å². The van der Waals surface area contributed by atoms with Crippen molar-refractivity contribution in [1.82, 2.24) is 10.6 Å². The molecule has 1 aliphatic rings. The molecular weight excluding hydrogens is 685 g/mol. The summed E-state index contributed by atoms with van der Waals surface area (Å²) in [6.07, 6.45) is 28.8. The number of rotatable bonds is 11. The summed E-state index contributed by atoms with van der Waals surface area (Å²) in [5.74, 6) is -2.48. The summed E-state index contributed by atoms with van der Waals surface area (Å²) in [4.78, 5) is 36.3. The number of amides is 2. The number of methoxy groups -OCH3 is 2. The average Bonchev–Trinajstić information content (AvgIpc) is 3.09. The number of allylic oxidation sites excluding steroid dienone is 11. The van der Waals surface area contributed by atoms with E-state index in [9.17, 15) is 22.8 Å². The third-order valence-electron chi connectivity index (χ3n) is 8.08. The van der Waals surface area contributed by atoms with E-state index >= 15 is 0 Å². The molecule has 0 radical (unpaired) electrons. The van der Waals surface area contributed by atoms with Crippen LogP contribution in [0.4, 0.5) is 0 Å². The molecule has 0 aliphatic carbocycles.